The van der Waals surface area contributed by atoms with E-state index in [1.54, 1.807) is 24.3 Å². The number of aliphatic hydroxyl groups excluding tert-OH is 1. The molecule has 1 aromatic carbocycles. The number of hydrogen-bond donors (Lipinski definition) is 1. The third kappa shape index (κ3) is 4.44. The predicted octanol–water partition coefficient (Wildman–Crippen LogP) is 3.46. The lowest BCUT2D eigenvalue weighted by molar-refractivity contribution is -0.195. The van der Waals surface area contributed by atoms with Crippen LogP contribution in [0.2, 0.25) is 0 Å². The first kappa shape index (κ1) is 12.9. The van der Waals surface area contributed by atoms with Crippen molar-refractivity contribution >= 4 is 27.7 Å². The van der Waals surface area contributed by atoms with Crippen LogP contribution in [0.5, 0.6) is 0 Å². The van der Waals surface area contributed by atoms with Gasteiger partial charge in [-0.15, -0.1) is 11.8 Å². The van der Waals surface area contributed by atoms with Crippen molar-refractivity contribution in [1.29, 1.82) is 0 Å². The van der Waals surface area contributed by atoms with Crippen molar-refractivity contribution in [1.82, 2.24) is 0 Å². The molecule has 0 aliphatic heterocycles. The number of halogens is 4. The van der Waals surface area contributed by atoms with Gasteiger partial charge in [0.05, 0.1) is 0 Å². The molecular formula is C9H8BrF3OS. The fourth-order valence-corrected chi connectivity index (χ4v) is 1.93. The molecule has 0 fully saturated rings. The predicted molar refractivity (Wildman–Crippen MR) is 56.9 cm³/mol. The molecule has 0 aliphatic rings. The summed E-state index contributed by atoms with van der Waals surface area (Å²) in [5, 5.41) is 8.75. The zero-order valence-electron chi connectivity index (χ0n) is 7.46. The van der Waals surface area contributed by atoms with Gasteiger partial charge in [0.1, 0.15) is 0 Å². The summed E-state index contributed by atoms with van der Waals surface area (Å²) in [4.78, 5) is 0.696. The molecule has 1 rings (SSSR count). The molecule has 0 amide bonds. The van der Waals surface area contributed by atoms with Gasteiger partial charge in [-0.1, -0.05) is 15.9 Å². The van der Waals surface area contributed by atoms with Crippen LogP contribution in [-0.4, -0.2) is 23.1 Å². The minimum Gasteiger partial charge on any atom is -0.383 e. The van der Waals surface area contributed by atoms with Crippen LogP contribution in [0.25, 0.3) is 0 Å². The molecule has 0 aromatic heterocycles. The van der Waals surface area contributed by atoms with Crippen molar-refractivity contribution in [3.8, 4) is 0 Å². The van der Waals surface area contributed by atoms with Gasteiger partial charge in [0.25, 0.3) is 0 Å². The second-order valence-corrected chi connectivity index (χ2v) is 4.83. The average Bonchev–Trinajstić information content (AvgIpc) is 2.15. The molecule has 0 radical (unpaired) electrons. The fourth-order valence-electron chi connectivity index (χ4n) is 0.800. The van der Waals surface area contributed by atoms with Crippen molar-refractivity contribution in [3.05, 3.63) is 28.7 Å². The Balaban J connectivity index is 2.47. The van der Waals surface area contributed by atoms with Gasteiger partial charge >= 0.3 is 6.18 Å². The van der Waals surface area contributed by atoms with E-state index in [-0.39, 0.29) is 5.75 Å². The van der Waals surface area contributed by atoms with Gasteiger partial charge in [0.15, 0.2) is 6.10 Å². The van der Waals surface area contributed by atoms with Crippen molar-refractivity contribution in [2.45, 2.75) is 17.2 Å². The quantitative estimate of drug-likeness (QED) is 0.863. The molecule has 0 spiro atoms. The van der Waals surface area contributed by atoms with Crippen LogP contribution in [0, 0.1) is 0 Å². The molecule has 0 heterocycles. The minimum atomic E-state index is -4.54. The van der Waals surface area contributed by atoms with Crippen LogP contribution in [0.1, 0.15) is 0 Å². The summed E-state index contributed by atoms with van der Waals surface area (Å²) in [6.07, 6.45) is -6.81. The van der Waals surface area contributed by atoms with Crippen LogP contribution in [0.15, 0.2) is 33.6 Å². The van der Waals surface area contributed by atoms with Gasteiger partial charge in [-0.3, -0.25) is 0 Å². The Bertz CT molecular complexity index is 312. The Morgan fingerprint density at radius 2 is 1.80 bits per heavy atom. The summed E-state index contributed by atoms with van der Waals surface area (Å²) >= 11 is 4.19. The van der Waals surface area contributed by atoms with E-state index in [0.29, 0.717) is 4.90 Å². The van der Waals surface area contributed by atoms with Crippen LogP contribution in [-0.2, 0) is 0 Å². The maximum absolute atomic E-state index is 11.9. The van der Waals surface area contributed by atoms with E-state index in [4.69, 9.17) is 5.11 Å². The molecule has 1 nitrogen and oxygen atoms in total. The highest BCUT2D eigenvalue weighted by Crippen LogP contribution is 2.27. The number of alkyl halides is 3. The zero-order chi connectivity index (χ0) is 11.5. The summed E-state index contributed by atoms with van der Waals surface area (Å²) in [7, 11) is 0. The SMILES string of the molecule is OC(CSc1ccc(Br)cc1)C(F)(F)F. The van der Waals surface area contributed by atoms with Gasteiger partial charge in [0, 0.05) is 15.1 Å². The molecule has 0 saturated carbocycles. The van der Waals surface area contributed by atoms with Crippen molar-refractivity contribution in [2.75, 3.05) is 5.75 Å². The first-order valence-corrected chi connectivity index (χ1v) is 5.80. The van der Waals surface area contributed by atoms with Crippen LogP contribution in [0.3, 0.4) is 0 Å². The first-order valence-electron chi connectivity index (χ1n) is 4.03. The van der Waals surface area contributed by atoms with E-state index in [1.807, 2.05) is 0 Å². The second kappa shape index (κ2) is 5.23. The number of rotatable bonds is 3. The molecule has 0 saturated heterocycles. The summed E-state index contributed by atoms with van der Waals surface area (Å²) < 4.78 is 36.7. The molecular weight excluding hydrogens is 293 g/mol. The number of aliphatic hydroxyl groups is 1. The normalized spacial score (nSPS) is 13.9. The maximum atomic E-state index is 11.9. The van der Waals surface area contributed by atoms with Crippen LogP contribution in [0.4, 0.5) is 13.2 Å². The molecule has 1 unspecified atom stereocenters. The highest BCUT2D eigenvalue weighted by Gasteiger charge is 2.37. The minimum absolute atomic E-state index is 0.384. The summed E-state index contributed by atoms with van der Waals surface area (Å²) in [6, 6.07) is 6.86. The standard InChI is InChI=1S/C9H8BrF3OS/c10-6-1-3-7(4-2-6)15-5-8(14)9(11,12)13/h1-4,8,14H,5H2. The Kier molecular flexibility index (Phi) is 4.48. The summed E-state index contributed by atoms with van der Waals surface area (Å²) in [5.74, 6) is -0.384. The Morgan fingerprint density at radius 3 is 2.27 bits per heavy atom. The van der Waals surface area contributed by atoms with E-state index in [9.17, 15) is 13.2 Å². The third-order valence-corrected chi connectivity index (χ3v) is 3.22. The molecule has 0 bridgehead atoms. The van der Waals surface area contributed by atoms with Gasteiger partial charge in [-0.05, 0) is 24.3 Å². The van der Waals surface area contributed by atoms with Gasteiger partial charge in [-0.25, -0.2) is 0 Å². The molecule has 84 valence electrons. The van der Waals surface area contributed by atoms with Gasteiger partial charge in [0.2, 0.25) is 0 Å². The molecule has 6 heteroatoms. The topological polar surface area (TPSA) is 20.2 Å². The summed E-state index contributed by atoms with van der Waals surface area (Å²) in [6.45, 7) is 0. The Hall–Kier alpha value is -0.200. The van der Waals surface area contributed by atoms with E-state index < -0.39 is 12.3 Å². The lowest BCUT2D eigenvalue weighted by Crippen LogP contribution is -2.30. The number of hydrogen-bond acceptors (Lipinski definition) is 2. The van der Waals surface area contributed by atoms with Crippen molar-refractivity contribution < 1.29 is 18.3 Å². The van der Waals surface area contributed by atoms with Gasteiger partial charge in [-0.2, -0.15) is 13.2 Å². The average molecular weight is 301 g/mol. The second-order valence-electron chi connectivity index (χ2n) is 2.82. The molecule has 1 aromatic rings. The monoisotopic (exact) mass is 300 g/mol. The van der Waals surface area contributed by atoms with Crippen molar-refractivity contribution in [2.24, 2.45) is 0 Å². The maximum Gasteiger partial charge on any atom is 0.415 e. The largest absolute Gasteiger partial charge is 0.415 e. The van der Waals surface area contributed by atoms with E-state index in [2.05, 4.69) is 15.9 Å². The highest BCUT2D eigenvalue weighted by molar-refractivity contribution is 9.10. The summed E-state index contributed by atoms with van der Waals surface area (Å²) in [5.41, 5.74) is 0. The lowest BCUT2D eigenvalue weighted by atomic mass is 10.4. The molecule has 15 heavy (non-hydrogen) atoms. The zero-order valence-corrected chi connectivity index (χ0v) is 9.86. The number of benzene rings is 1. The van der Waals surface area contributed by atoms with Crippen LogP contribution < -0.4 is 0 Å². The Morgan fingerprint density at radius 1 is 1.27 bits per heavy atom. The molecule has 1 atom stereocenters. The fraction of sp³-hybridized carbons (Fsp3) is 0.333. The van der Waals surface area contributed by atoms with Crippen LogP contribution >= 0.6 is 27.7 Å². The Labute approximate surface area is 97.8 Å². The van der Waals surface area contributed by atoms with E-state index in [1.165, 1.54) is 0 Å². The molecule has 0 aliphatic carbocycles. The first-order chi connectivity index (χ1) is 6.89. The van der Waals surface area contributed by atoms with Gasteiger partial charge < -0.3 is 5.11 Å². The number of thioether (sulfide) groups is 1. The smallest absolute Gasteiger partial charge is 0.383 e. The van der Waals surface area contributed by atoms with E-state index in [0.717, 1.165) is 16.2 Å². The van der Waals surface area contributed by atoms with Crippen molar-refractivity contribution in [3.63, 3.8) is 0 Å². The van der Waals surface area contributed by atoms with E-state index >= 15 is 0 Å². The third-order valence-electron chi connectivity index (χ3n) is 1.60. The molecule has 1 N–H and O–H groups in total. The highest BCUT2D eigenvalue weighted by atomic mass is 79.9. The lowest BCUT2D eigenvalue weighted by Gasteiger charge is -2.13.